The molecule has 0 amide bonds. The van der Waals surface area contributed by atoms with E-state index in [1.165, 1.54) is 5.56 Å². The summed E-state index contributed by atoms with van der Waals surface area (Å²) in [7, 11) is 0. The highest BCUT2D eigenvalue weighted by molar-refractivity contribution is 6.02. The van der Waals surface area contributed by atoms with E-state index in [2.05, 4.69) is 32.9 Å². The maximum absolute atomic E-state index is 12.7. The molecule has 1 saturated carbocycles. The third-order valence-electron chi connectivity index (χ3n) is 6.58. The van der Waals surface area contributed by atoms with Gasteiger partial charge in [0.1, 0.15) is 6.10 Å². The molecule has 0 spiro atoms. The molecule has 0 heterocycles. The Morgan fingerprint density at radius 2 is 1.93 bits per heavy atom. The van der Waals surface area contributed by atoms with Crippen molar-refractivity contribution < 1.29 is 19.4 Å². The molecule has 0 saturated heterocycles. The standard InChI is InChI=1S/C24H32O4/c1-16-13-14-19(24(2,3)17-9-5-4-6-10-17)21(15-16)28-23(27)22(26)18-11-7-8-12-20(18)25/h4-6,9-11,16,19,21-22,26H,7-8,12-15H2,1-3H3/t16-,19-,21-,22+/m1/s1. The number of ketones is 1. The fourth-order valence-corrected chi connectivity index (χ4v) is 4.75. The Bertz CT molecular complexity index is 734. The first-order chi connectivity index (χ1) is 13.3. The van der Waals surface area contributed by atoms with E-state index in [9.17, 15) is 14.7 Å². The lowest BCUT2D eigenvalue weighted by atomic mass is 9.64. The SMILES string of the molecule is C[C@@H]1CC[C@@H](C(C)(C)c2ccccc2)[C@H](OC(=O)[C@@H](O)C2=CCCCC2=O)C1. The van der Waals surface area contributed by atoms with Crippen LogP contribution in [0.25, 0.3) is 0 Å². The van der Waals surface area contributed by atoms with Gasteiger partial charge in [-0.1, -0.05) is 63.6 Å². The van der Waals surface area contributed by atoms with Gasteiger partial charge < -0.3 is 9.84 Å². The number of rotatable bonds is 5. The van der Waals surface area contributed by atoms with Crippen LogP contribution in [-0.4, -0.2) is 29.1 Å². The molecule has 0 aliphatic heterocycles. The lowest BCUT2D eigenvalue weighted by Gasteiger charge is -2.44. The molecule has 4 atom stereocenters. The van der Waals surface area contributed by atoms with Crippen LogP contribution in [0.4, 0.5) is 0 Å². The molecule has 28 heavy (non-hydrogen) atoms. The summed E-state index contributed by atoms with van der Waals surface area (Å²) in [6, 6.07) is 10.3. The van der Waals surface area contributed by atoms with Gasteiger partial charge in [0.2, 0.25) is 0 Å². The van der Waals surface area contributed by atoms with Crippen molar-refractivity contribution in [3.8, 4) is 0 Å². The molecule has 1 N–H and O–H groups in total. The molecule has 1 fully saturated rings. The van der Waals surface area contributed by atoms with Crippen LogP contribution in [0, 0.1) is 11.8 Å². The van der Waals surface area contributed by atoms with Gasteiger partial charge in [0.05, 0.1) is 0 Å². The largest absolute Gasteiger partial charge is 0.460 e. The predicted octanol–water partition coefficient (Wildman–Crippen LogP) is 4.35. The number of aliphatic hydroxyl groups excluding tert-OH is 1. The number of aliphatic hydroxyl groups is 1. The van der Waals surface area contributed by atoms with Crippen molar-refractivity contribution in [2.24, 2.45) is 11.8 Å². The summed E-state index contributed by atoms with van der Waals surface area (Å²) in [5.41, 5.74) is 1.28. The molecular formula is C24H32O4. The quantitative estimate of drug-likeness (QED) is 0.767. The number of hydrogen-bond donors (Lipinski definition) is 1. The highest BCUT2D eigenvalue weighted by atomic mass is 16.6. The summed E-state index contributed by atoms with van der Waals surface area (Å²) < 4.78 is 5.86. The fourth-order valence-electron chi connectivity index (χ4n) is 4.75. The van der Waals surface area contributed by atoms with E-state index in [-0.39, 0.29) is 28.8 Å². The summed E-state index contributed by atoms with van der Waals surface area (Å²) in [4.78, 5) is 24.8. The number of carbonyl (C=O) groups excluding carboxylic acids is 2. The van der Waals surface area contributed by atoms with Gasteiger partial charge in [-0.15, -0.1) is 0 Å². The molecule has 0 aromatic heterocycles. The Morgan fingerprint density at radius 3 is 2.61 bits per heavy atom. The molecule has 0 bridgehead atoms. The van der Waals surface area contributed by atoms with Gasteiger partial charge in [0, 0.05) is 17.9 Å². The Kier molecular flexibility index (Phi) is 6.39. The summed E-state index contributed by atoms with van der Waals surface area (Å²) in [5, 5.41) is 10.5. The lowest BCUT2D eigenvalue weighted by molar-refractivity contribution is -0.165. The second kappa shape index (κ2) is 8.60. The average Bonchev–Trinajstić information content (AvgIpc) is 2.68. The fraction of sp³-hybridized carbons (Fsp3) is 0.583. The monoisotopic (exact) mass is 384 g/mol. The summed E-state index contributed by atoms with van der Waals surface area (Å²) in [5.74, 6) is -0.199. The van der Waals surface area contributed by atoms with Gasteiger partial charge in [-0.3, -0.25) is 4.79 Å². The number of Topliss-reactive ketones (excluding diaryl/α,β-unsaturated/α-hetero) is 1. The molecule has 2 aliphatic rings. The van der Waals surface area contributed by atoms with Gasteiger partial charge in [-0.25, -0.2) is 4.79 Å². The minimum absolute atomic E-state index is 0.145. The van der Waals surface area contributed by atoms with E-state index < -0.39 is 12.1 Å². The molecule has 4 heteroatoms. The first kappa shape index (κ1) is 20.8. The van der Waals surface area contributed by atoms with Crippen molar-refractivity contribution in [2.75, 3.05) is 0 Å². The predicted molar refractivity (Wildman–Crippen MR) is 109 cm³/mol. The van der Waals surface area contributed by atoms with Crippen molar-refractivity contribution in [2.45, 2.75) is 76.9 Å². The van der Waals surface area contributed by atoms with E-state index >= 15 is 0 Å². The zero-order chi connectivity index (χ0) is 20.3. The molecule has 0 unspecified atom stereocenters. The Hall–Kier alpha value is -1.94. The van der Waals surface area contributed by atoms with Crippen LogP contribution in [0.15, 0.2) is 42.0 Å². The van der Waals surface area contributed by atoms with Crippen LogP contribution < -0.4 is 0 Å². The first-order valence-electron chi connectivity index (χ1n) is 10.5. The van der Waals surface area contributed by atoms with Crippen LogP contribution >= 0.6 is 0 Å². The third kappa shape index (κ3) is 4.38. The molecule has 3 rings (SSSR count). The molecule has 2 aliphatic carbocycles. The van der Waals surface area contributed by atoms with E-state index in [1.54, 1.807) is 6.08 Å². The number of carbonyl (C=O) groups is 2. The molecule has 1 aromatic rings. The van der Waals surface area contributed by atoms with Crippen molar-refractivity contribution in [1.29, 1.82) is 0 Å². The minimum atomic E-state index is -1.47. The van der Waals surface area contributed by atoms with Gasteiger partial charge in [0.25, 0.3) is 0 Å². The second-order valence-electron chi connectivity index (χ2n) is 8.97. The van der Waals surface area contributed by atoms with E-state index in [1.807, 2.05) is 18.2 Å². The van der Waals surface area contributed by atoms with E-state index in [0.717, 1.165) is 32.1 Å². The van der Waals surface area contributed by atoms with Gasteiger partial charge in [-0.2, -0.15) is 0 Å². The van der Waals surface area contributed by atoms with Gasteiger partial charge in [-0.05, 0) is 42.6 Å². The van der Waals surface area contributed by atoms with Gasteiger partial charge in [0.15, 0.2) is 11.9 Å². The van der Waals surface area contributed by atoms with Crippen molar-refractivity contribution in [3.05, 3.63) is 47.5 Å². The topological polar surface area (TPSA) is 63.6 Å². The summed E-state index contributed by atoms with van der Waals surface area (Å²) in [6.07, 6.45) is 4.69. The average molecular weight is 385 g/mol. The van der Waals surface area contributed by atoms with Crippen LogP contribution in [0.1, 0.15) is 64.9 Å². The first-order valence-corrected chi connectivity index (χ1v) is 10.5. The van der Waals surface area contributed by atoms with Crippen molar-refractivity contribution in [3.63, 3.8) is 0 Å². The molecule has 1 aromatic carbocycles. The number of esters is 1. The summed E-state index contributed by atoms with van der Waals surface area (Å²) in [6.45, 7) is 6.58. The normalized spacial score (nSPS) is 27.1. The van der Waals surface area contributed by atoms with Crippen LogP contribution in [0.5, 0.6) is 0 Å². The zero-order valence-electron chi connectivity index (χ0n) is 17.2. The zero-order valence-corrected chi connectivity index (χ0v) is 17.2. The molecule has 152 valence electrons. The highest BCUT2D eigenvalue weighted by Crippen LogP contribution is 2.43. The van der Waals surface area contributed by atoms with Crippen LogP contribution in [0.3, 0.4) is 0 Å². The van der Waals surface area contributed by atoms with Crippen molar-refractivity contribution in [1.82, 2.24) is 0 Å². The minimum Gasteiger partial charge on any atom is -0.460 e. The highest BCUT2D eigenvalue weighted by Gasteiger charge is 2.43. The molecule has 0 radical (unpaired) electrons. The van der Waals surface area contributed by atoms with Crippen LogP contribution in [-0.2, 0) is 19.7 Å². The second-order valence-corrected chi connectivity index (χ2v) is 8.97. The number of allylic oxidation sites excluding steroid dienone is 1. The molecular weight excluding hydrogens is 352 g/mol. The van der Waals surface area contributed by atoms with E-state index in [4.69, 9.17) is 4.74 Å². The van der Waals surface area contributed by atoms with Crippen molar-refractivity contribution >= 4 is 11.8 Å². The smallest absolute Gasteiger partial charge is 0.340 e. The number of benzene rings is 1. The Morgan fingerprint density at radius 1 is 1.21 bits per heavy atom. The number of hydrogen-bond acceptors (Lipinski definition) is 4. The van der Waals surface area contributed by atoms with Gasteiger partial charge >= 0.3 is 5.97 Å². The third-order valence-corrected chi connectivity index (χ3v) is 6.58. The van der Waals surface area contributed by atoms with Crippen LogP contribution in [0.2, 0.25) is 0 Å². The maximum atomic E-state index is 12.7. The van der Waals surface area contributed by atoms with E-state index in [0.29, 0.717) is 12.3 Å². The molecule has 4 nitrogen and oxygen atoms in total. The lowest BCUT2D eigenvalue weighted by Crippen LogP contribution is -2.45. The Labute approximate surface area is 168 Å². The Balaban J connectivity index is 1.78. The maximum Gasteiger partial charge on any atom is 0.340 e. The summed E-state index contributed by atoms with van der Waals surface area (Å²) >= 11 is 0. The number of ether oxygens (including phenoxy) is 1.